The molecule has 2 heterocycles. The van der Waals surface area contributed by atoms with Gasteiger partial charge in [-0.3, -0.25) is 9.59 Å². The topological polar surface area (TPSA) is 97.1 Å². The summed E-state index contributed by atoms with van der Waals surface area (Å²) in [6.45, 7) is 2.63. The number of hydrogen-bond acceptors (Lipinski definition) is 4. The van der Waals surface area contributed by atoms with Gasteiger partial charge in [0.05, 0.1) is 6.04 Å². The van der Waals surface area contributed by atoms with E-state index in [4.69, 9.17) is 5.11 Å². The molecule has 0 radical (unpaired) electrons. The van der Waals surface area contributed by atoms with Crippen molar-refractivity contribution in [2.24, 2.45) is 0 Å². The first-order chi connectivity index (χ1) is 8.08. The highest BCUT2D eigenvalue weighted by Gasteiger charge is 2.22. The molecule has 7 nitrogen and oxygen atoms in total. The Balaban J connectivity index is 2.02. The number of carboxylic acids is 1. The third kappa shape index (κ3) is 2.43. The highest BCUT2D eigenvalue weighted by Crippen LogP contribution is 2.18. The average molecular weight is 238 g/mol. The van der Waals surface area contributed by atoms with Gasteiger partial charge in [-0.2, -0.15) is 0 Å². The van der Waals surface area contributed by atoms with Crippen molar-refractivity contribution in [1.82, 2.24) is 20.1 Å². The molecule has 0 aromatic carbocycles. The molecular weight excluding hydrogens is 224 g/mol. The predicted molar refractivity (Wildman–Crippen MR) is 57.2 cm³/mol. The molecule has 92 valence electrons. The number of carboxylic acid groups (broad SMARTS) is 1. The maximum absolute atomic E-state index is 11.3. The molecule has 0 spiro atoms. The number of aryl methyl sites for hydroxylation is 1. The van der Waals surface area contributed by atoms with Gasteiger partial charge in [0.2, 0.25) is 5.91 Å². The third-order valence-electron chi connectivity index (χ3n) is 2.71. The lowest BCUT2D eigenvalue weighted by atomic mass is 10.3. The number of aromatic nitrogens is 3. The number of fused-ring (bicyclic) bond motifs is 1. The first kappa shape index (κ1) is 11.6. The molecule has 1 aliphatic heterocycles. The Labute approximate surface area is 97.8 Å². The van der Waals surface area contributed by atoms with E-state index in [1.807, 2.05) is 4.57 Å². The Morgan fingerprint density at radius 1 is 1.53 bits per heavy atom. The summed E-state index contributed by atoms with van der Waals surface area (Å²) in [7, 11) is 0. The number of carbonyl (C=O) groups is 2. The van der Waals surface area contributed by atoms with Crippen molar-refractivity contribution in [2.45, 2.75) is 38.8 Å². The molecule has 1 atom stereocenters. The molecule has 7 heteroatoms. The Morgan fingerprint density at radius 2 is 2.29 bits per heavy atom. The van der Waals surface area contributed by atoms with Gasteiger partial charge >= 0.3 is 5.97 Å². The summed E-state index contributed by atoms with van der Waals surface area (Å²) in [5, 5.41) is 19.1. The molecule has 0 saturated carbocycles. The van der Waals surface area contributed by atoms with Crippen molar-refractivity contribution >= 4 is 11.9 Å². The van der Waals surface area contributed by atoms with Crippen molar-refractivity contribution < 1.29 is 14.7 Å². The van der Waals surface area contributed by atoms with Gasteiger partial charge in [0.25, 0.3) is 0 Å². The van der Waals surface area contributed by atoms with E-state index in [0.717, 1.165) is 25.2 Å². The fraction of sp³-hybridized carbons (Fsp3) is 0.600. The minimum atomic E-state index is -1.14. The fourth-order valence-electron chi connectivity index (χ4n) is 1.99. The molecule has 2 N–H and O–H groups in total. The van der Waals surface area contributed by atoms with Crippen LogP contribution in [-0.2, 0) is 22.6 Å². The SMILES string of the molecule is CC(NC(=O)CC(=O)O)c1nnc2n1CCC2. The zero-order valence-corrected chi connectivity index (χ0v) is 9.51. The first-order valence-corrected chi connectivity index (χ1v) is 5.51. The number of hydrogen-bond donors (Lipinski definition) is 2. The Morgan fingerprint density at radius 3 is 3.00 bits per heavy atom. The summed E-state index contributed by atoms with van der Waals surface area (Å²) in [5.74, 6) is -0.0305. The van der Waals surface area contributed by atoms with Crippen molar-refractivity contribution in [1.29, 1.82) is 0 Å². The molecule has 1 aromatic heterocycles. The van der Waals surface area contributed by atoms with Gasteiger partial charge in [0.1, 0.15) is 12.2 Å². The zero-order chi connectivity index (χ0) is 12.4. The van der Waals surface area contributed by atoms with Crippen LogP contribution in [0.2, 0.25) is 0 Å². The van der Waals surface area contributed by atoms with E-state index in [9.17, 15) is 9.59 Å². The molecule has 0 fully saturated rings. The zero-order valence-electron chi connectivity index (χ0n) is 9.51. The van der Waals surface area contributed by atoms with Crippen LogP contribution < -0.4 is 5.32 Å². The van der Waals surface area contributed by atoms with Crippen LogP contribution in [0.15, 0.2) is 0 Å². The second kappa shape index (κ2) is 4.52. The summed E-state index contributed by atoms with van der Waals surface area (Å²) < 4.78 is 1.98. The summed E-state index contributed by atoms with van der Waals surface area (Å²) in [6, 6.07) is -0.318. The maximum atomic E-state index is 11.3. The van der Waals surface area contributed by atoms with Crippen LogP contribution in [-0.4, -0.2) is 31.7 Å². The number of nitrogens with zero attached hydrogens (tertiary/aromatic N) is 3. The number of carbonyl (C=O) groups excluding carboxylic acids is 1. The van der Waals surface area contributed by atoms with Gasteiger partial charge in [-0.1, -0.05) is 0 Å². The van der Waals surface area contributed by atoms with Crippen LogP contribution in [0.4, 0.5) is 0 Å². The van der Waals surface area contributed by atoms with Crippen molar-refractivity contribution in [3.8, 4) is 0 Å². The average Bonchev–Trinajstić information content (AvgIpc) is 2.74. The second-order valence-corrected chi connectivity index (χ2v) is 4.09. The highest BCUT2D eigenvalue weighted by molar-refractivity contribution is 5.93. The molecule has 17 heavy (non-hydrogen) atoms. The molecule has 1 unspecified atom stereocenters. The number of rotatable bonds is 4. The van der Waals surface area contributed by atoms with Crippen LogP contribution in [0.5, 0.6) is 0 Å². The van der Waals surface area contributed by atoms with Gasteiger partial charge in [0.15, 0.2) is 5.82 Å². The van der Waals surface area contributed by atoms with Crippen LogP contribution in [0.1, 0.15) is 37.5 Å². The van der Waals surface area contributed by atoms with E-state index >= 15 is 0 Å². The van der Waals surface area contributed by atoms with Gasteiger partial charge in [-0.15, -0.1) is 10.2 Å². The molecule has 1 aromatic rings. The Bertz CT molecular complexity index is 454. The monoisotopic (exact) mass is 238 g/mol. The summed E-state index contributed by atoms with van der Waals surface area (Å²) in [4.78, 5) is 21.7. The first-order valence-electron chi connectivity index (χ1n) is 5.51. The highest BCUT2D eigenvalue weighted by atomic mass is 16.4. The lowest BCUT2D eigenvalue weighted by molar-refractivity contribution is -0.140. The van der Waals surface area contributed by atoms with Gasteiger partial charge in [0, 0.05) is 13.0 Å². The number of aliphatic carboxylic acids is 1. The summed E-state index contributed by atoms with van der Waals surface area (Å²) in [6.07, 6.45) is 1.42. The van der Waals surface area contributed by atoms with E-state index in [-0.39, 0.29) is 6.04 Å². The Kier molecular flexibility index (Phi) is 3.08. The minimum Gasteiger partial charge on any atom is -0.481 e. The molecule has 1 amide bonds. The normalized spacial score (nSPS) is 15.4. The Hall–Kier alpha value is -1.92. The van der Waals surface area contributed by atoms with E-state index in [1.165, 1.54) is 0 Å². The molecule has 0 bridgehead atoms. The number of nitrogens with one attached hydrogen (secondary N) is 1. The third-order valence-corrected chi connectivity index (χ3v) is 2.71. The molecular formula is C10H14N4O3. The maximum Gasteiger partial charge on any atom is 0.312 e. The molecule has 1 aliphatic rings. The van der Waals surface area contributed by atoms with Gasteiger partial charge in [-0.25, -0.2) is 0 Å². The second-order valence-electron chi connectivity index (χ2n) is 4.09. The lowest BCUT2D eigenvalue weighted by Crippen LogP contribution is -2.30. The van der Waals surface area contributed by atoms with Crippen LogP contribution >= 0.6 is 0 Å². The quantitative estimate of drug-likeness (QED) is 0.712. The largest absolute Gasteiger partial charge is 0.481 e. The van der Waals surface area contributed by atoms with Crippen molar-refractivity contribution in [2.75, 3.05) is 0 Å². The summed E-state index contributed by atoms with van der Waals surface area (Å²) in [5.41, 5.74) is 0. The van der Waals surface area contributed by atoms with E-state index < -0.39 is 18.3 Å². The summed E-state index contributed by atoms with van der Waals surface area (Å²) >= 11 is 0. The lowest BCUT2D eigenvalue weighted by Gasteiger charge is -2.12. The molecule has 2 rings (SSSR count). The van der Waals surface area contributed by atoms with Crippen molar-refractivity contribution in [3.05, 3.63) is 11.6 Å². The smallest absolute Gasteiger partial charge is 0.312 e. The molecule has 0 saturated heterocycles. The van der Waals surface area contributed by atoms with Gasteiger partial charge < -0.3 is 15.0 Å². The van der Waals surface area contributed by atoms with Gasteiger partial charge in [-0.05, 0) is 13.3 Å². The van der Waals surface area contributed by atoms with Crippen LogP contribution in [0.25, 0.3) is 0 Å². The van der Waals surface area contributed by atoms with E-state index in [2.05, 4.69) is 15.5 Å². The molecule has 0 aliphatic carbocycles. The predicted octanol–water partition coefficient (Wildman–Crippen LogP) is -0.124. The fourth-order valence-corrected chi connectivity index (χ4v) is 1.99. The minimum absolute atomic E-state index is 0.318. The van der Waals surface area contributed by atoms with Crippen molar-refractivity contribution in [3.63, 3.8) is 0 Å². The standard InChI is InChI=1S/C10H14N4O3/c1-6(11-8(15)5-9(16)17)10-13-12-7-3-2-4-14(7)10/h6H,2-5H2,1H3,(H,11,15)(H,16,17). The van der Waals surface area contributed by atoms with E-state index in [0.29, 0.717) is 5.82 Å². The van der Waals surface area contributed by atoms with Crippen LogP contribution in [0.3, 0.4) is 0 Å². The van der Waals surface area contributed by atoms with E-state index in [1.54, 1.807) is 6.92 Å². The van der Waals surface area contributed by atoms with Crippen LogP contribution in [0, 0.1) is 0 Å². The number of amides is 1.